The van der Waals surface area contributed by atoms with Gasteiger partial charge in [0, 0.05) is 23.4 Å². The van der Waals surface area contributed by atoms with Gasteiger partial charge in [-0.1, -0.05) is 24.8 Å². The molecule has 1 amide bonds. The number of aliphatic imine (C=N–C) groups is 1. The first-order chi connectivity index (χ1) is 18.1. The number of amides is 1. The Morgan fingerprint density at radius 3 is 2.74 bits per heavy atom. The van der Waals surface area contributed by atoms with Crippen LogP contribution in [-0.2, 0) is 10.3 Å². The molecule has 0 unspecified atom stereocenters. The fourth-order valence-electron chi connectivity index (χ4n) is 4.07. The highest BCUT2D eigenvalue weighted by Crippen LogP contribution is 2.26. The molecule has 7 N–H and O–H groups in total. The Hall–Kier alpha value is -4.21. The molecular formula is C29H35N7O2. The third-order valence-corrected chi connectivity index (χ3v) is 6.25. The summed E-state index contributed by atoms with van der Waals surface area (Å²) in [5.74, 6) is 0.672. The lowest BCUT2D eigenvalue weighted by molar-refractivity contribution is 0.102. The van der Waals surface area contributed by atoms with Gasteiger partial charge in [-0.25, -0.2) is 9.98 Å². The summed E-state index contributed by atoms with van der Waals surface area (Å²) in [5, 5.41) is 9.40. The van der Waals surface area contributed by atoms with Gasteiger partial charge < -0.3 is 32.2 Å². The molecule has 3 aromatic rings. The number of benzene rings is 2. The molecule has 198 valence electrons. The van der Waals surface area contributed by atoms with E-state index in [0.717, 1.165) is 24.2 Å². The summed E-state index contributed by atoms with van der Waals surface area (Å²) in [5.41, 5.74) is 16.8. The Kier molecular flexibility index (Phi) is 8.09. The van der Waals surface area contributed by atoms with E-state index in [1.54, 1.807) is 24.4 Å². The van der Waals surface area contributed by atoms with Crippen molar-refractivity contribution in [1.82, 2.24) is 4.98 Å². The van der Waals surface area contributed by atoms with Crippen LogP contribution in [0.5, 0.6) is 0 Å². The average Bonchev–Trinajstić information content (AvgIpc) is 3.39. The first-order valence-electron chi connectivity index (χ1n) is 12.5. The normalized spacial score (nSPS) is 15.7. The highest BCUT2D eigenvalue weighted by atomic mass is 16.5. The van der Waals surface area contributed by atoms with Crippen molar-refractivity contribution in [3.63, 3.8) is 0 Å². The Balaban J connectivity index is 1.59. The van der Waals surface area contributed by atoms with Gasteiger partial charge in [0.1, 0.15) is 11.5 Å². The van der Waals surface area contributed by atoms with Gasteiger partial charge in [0.2, 0.25) is 0 Å². The number of carbonyl (C=O) groups is 1. The number of rotatable bonds is 9. The van der Waals surface area contributed by atoms with Crippen LogP contribution in [0, 0.1) is 6.92 Å². The second kappa shape index (κ2) is 11.5. The maximum Gasteiger partial charge on any atom is 0.255 e. The zero-order valence-electron chi connectivity index (χ0n) is 22.0. The number of hydrogen-bond donors (Lipinski definition) is 5. The summed E-state index contributed by atoms with van der Waals surface area (Å²) in [6.45, 7) is 10.8. The minimum Gasteiger partial charge on any atom is -0.382 e. The molecule has 0 radical (unpaired) electrons. The van der Waals surface area contributed by atoms with Crippen LogP contribution >= 0.6 is 0 Å². The van der Waals surface area contributed by atoms with Crippen molar-refractivity contribution >= 4 is 34.6 Å². The van der Waals surface area contributed by atoms with Crippen LogP contribution in [0.15, 0.2) is 72.4 Å². The van der Waals surface area contributed by atoms with Gasteiger partial charge in [0.25, 0.3) is 5.91 Å². The summed E-state index contributed by atoms with van der Waals surface area (Å²) in [7, 11) is 0. The summed E-state index contributed by atoms with van der Waals surface area (Å²) >= 11 is 0. The summed E-state index contributed by atoms with van der Waals surface area (Å²) in [4.78, 5) is 22.3. The van der Waals surface area contributed by atoms with E-state index in [2.05, 4.69) is 27.5 Å². The lowest BCUT2D eigenvalue weighted by Gasteiger charge is -2.19. The molecule has 1 saturated heterocycles. The molecule has 0 saturated carbocycles. The highest BCUT2D eigenvalue weighted by molar-refractivity contribution is 6.05. The van der Waals surface area contributed by atoms with Crippen LogP contribution in [-0.4, -0.2) is 36.0 Å². The average molecular weight is 514 g/mol. The number of hydrogen-bond acceptors (Lipinski definition) is 7. The summed E-state index contributed by atoms with van der Waals surface area (Å²) in [6, 6.07) is 16.8. The number of carbonyl (C=O) groups excluding carboxylic acids is 1. The zero-order chi connectivity index (χ0) is 27.3. The van der Waals surface area contributed by atoms with Crippen molar-refractivity contribution in [3.8, 4) is 0 Å². The molecular weight excluding hydrogens is 478 g/mol. The third-order valence-electron chi connectivity index (χ3n) is 6.25. The quantitative estimate of drug-likeness (QED) is 0.208. The summed E-state index contributed by atoms with van der Waals surface area (Å²) in [6.07, 6.45) is 2.48. The van der Waals surface area contributed by atoms with Crippen LogP contribution < -0.4 is 27.4 Å². The Bertz CT molecular complexity index is 1360. The maximum absolute atomic E-state index is 13.0. The predicted octanol–water partition coefficient (Wildman–Crippen LogP) is 4.63. The molecule has 2 heterocycles. The molecule has 4 rings (SSSR count). The highest BCUT2D eigenvalue weighted by Gasteiger charge is 2.18. The fraction of sp³-hybridized carbons (Fsp3) is 0.276. The largest absolute Gasteiger partial charge is 0.382 e. The number of aryl methyl sites for hydroxylation is 1. The molecule has 1 aromatic heterocycles. The van der Waals surface area contributed by atoms with E-state index in [1.807, 2.05) is 57.2 Å². The van der Waals surface area contributed by atoms with Crippen molar-refractivity contribution < 1.29 is 9.53 Å². The second-order valence-electron chi connectivity index (χ2n) is 9.90. The Morgan fingerprint density at radius 2 is 2.03 bits per heavy atom. The van der Waals surface area contributed by atoms with Gasteiger partial charge in [-0.15, -0.1) is 0 Å². The van der Waals surface area contributed by atoms with Gasteiger partial charge in [-0.2, -0.15) is 0 Å². The van der Waals surface area contributed by atoms with Gasteiger partial charge in [-0.3, -0.25) is 4.79 Å². The van der Waals surface area contributed by atoms with Crippen molar-refractivity contribution in [2.45, 2.75) is 38.8 Å². The molecule has 1 atom stereocenters. The molecule has 2 aromatic carbocycles. The predicted molar refractivity (Wildman–Crippen MR) is 154 cm³/mol. The molecule has 0 aliphatic carbocycles. The van der Waals surface area contributed by atoms with E-state index in [4.69, 9.17) is 21.2 Å². The molecule has 1 aliphatic rings. The monoisotopic (exact) mass is 513 g/mol. The van der Waals surface area contributed by atoms with Gasteiger partial charge in [0.05, 0.1) is 24.0 Å². The van der Waals surface area contributed by atoms with E-state index in [1.165, 1.54) is 0 Å². The second-order valence-corrected chi connectivity index (χ2v) is 9.90. The van der Waals surface area contributed by atoms with Crippen LogP contribution in [0.4, 0.5) is 22.9 Å². The van der Waals surface area contributed by atoms with E-state index in [-0.39, 0.29) is 17.8 Å². The number of nitrogens with one attached hydrogen (secondary N) is 3. The SMILES string of the molecule is C=CNc1ccc(N[C@H]2CCOC2)nc1C(N)=Nc1cc(NC(=O)c2cccc(C(C)(C)N)c2)ccc1C. The number of pyridine rings is 1. The minimum atomic E-state index is -0.551. The maximum atomic E-state index is 13.0. The summed E-state index contributed by atoms with van der Waals surface area (Å²) < 4.78 is 5.45. The smallest absolute Gasteiger partial charge is 0.255 e. The van der Waals surface area contributed by atoms with Gasteiger partial charge in [0.15, 0.2) is 5.84 Å². The van der Waals surface area contributed by atoms with E-state index in [0.29, 0.717) is 40.7 Å². The van der Waals surface area contributed by atoms with Crippen molar-refractivity contribution in [1.29, 1.82) is 0 Å². The van der Waals surface area contributed by atoms with E-state index < -0.39 is 5.54 Å². The van der Waals surface area contributed by atoms with Gasteiger partial charge >= 0.3 is 0 Å². The number of nitrogens with two attached hydrogens (primary N) is 2. The first-order valence-corrected chi connectivity index (χ1v) is 12.5. The Labute approximate surface area is 223 Å². The van der Waals surface area contributed by atoms with Crippen molar-refractivity contribution in [2.24, 2.45) is 16.5 Å². The van der Waals surface area contributed by atoms with Crippen molar-refractivity contribution in [2.75, 3.05) is 29.2 Å². The number of aromatic nitrogens is 1. The molecule has 1 aliphatic heterocycles. The van der Waals surface area contributed by atoms with Crippen LogP contribution in [0.2, 0.25) is 0 Å². The molecule has 1 fully saturated rings. The lowest BCUT2D eigenvalue weighted by atomic mass is 9.94. The third kappa shape index (κ3) is 6.56. The first kappa shape index (κ1) is 26.8. The van der Waals surface area contributed by atoms with Crippen molar-refractivity contribution in [3.05, 3.63) is 89.8 Å². The molecule has 0 bridgehead atoms. The standard InChI is InChI=1S/C29H35N7O2/c1-5-32-23-11-12-25(33-22-13-14-38-17-22)36-26(23)27(30)35-24-16-21(10-9-18(24)2)34-28(37)19-7-6-8-20(15-19)29(3,4)31/h5-12,15-16,22,32H,1,13-14,17,31H2,2-4H3,(H2,30,35)(H,33,36)(H,34,37)/t22-/m0/s1. The molecule has 9 nitrogen and oxygen atoms in total. The number of nitrogens with zero attached hydrogens (tertiary/aromatic N) is 2. The fourth-order valence-corrected chi connectivity index (χ4v) is 4.07. The molecule has 38 heavy (non-hydrogen) atoms. The van der Waals surface area contributed by atoms with Crippen LogP contribution in [0.3, 0.4) is 0 Å². The van der Waals surface area contributed by atoms with Crippen LogP contribution in [0.1, 0.15) is 47.4 Å². The van der Waals surface area contributed by atoms with Gasteiger partial charge in [-0.05, 0) is 80.9 Å². The molecule has 9 heteroatoms. The van der Waals surface area contributed by atoms with Crippen LogP contribution in [0.25, 0.3) is 0 Å². The molecule has 0 spiro atoms. The lowest BCUT2D eigenvalue weighted by Crippen LogP contribution is -2.29. The zero-order valence-corrected chi connectivity index (χ0v) is 22.0. The number of ether oxygens (including phenoxy) is 1. The van der Waals surface area contributed by atoms with E-state index in [9.17, 15) is 4.79 Å². The minimum absolute atomic E-state index is 0.200. The Morgan fingerprint density at radius 1 is 1.21 bits per heavy atom. The topological polar surface area (TPSA) is 140 Å². The number of anilines is 3. The van der Waals surface area contributed by atoms with E-state index >= 15 is 0 Å². The number of amidine groups is 1.